The van der Waals surface area contributed by atoms with Crippen LogP contribution in [0.5, 0.6) is 0 Å². The Hall–Kier alpha value is -3.06. The first-order valence-corrected chi connectivity index (χ1v) is 8.33. The highest BCUT2D eigenvalue weighted by Gasteiger charge is 2.18. The largest absolute Gasteiger partial charge is 0.358 e. The molecule has 0 spiro atoms. The molecule has 24 heavy (non-hydrogen) atoms. The van der Waals surface area contributed by atoms with Crippen LogP contribution in [0, 0.1) is 6.92 Å². The highest BCUT2D eigenvalue weighted by atomic mass is 32.1. The van der Waals surface area contributed by atoms with Gasteiger partial charge in [0.25, 0.3) is 0 Å². The lowest BCUT2D eigenvalue weighted by Gasteiger charge is -1.97. The average Bonchev–Trinajstić information content (AvgIpc) is 3.26. The Labute approximate surface area is 140 Å². The van der Waals surface area contributed by atoms with Crippen LogP contribution in [-0.2, 0) is 0 Å². The molecule has 0 amide bonds. The van der Waals surface area contributed by atoms with Gasteiger partial charge in [0, 0.05) is 40.1 Å². The fraction of sp³-hybridized carbons (Fsp3) is 0.0588. The molecule has 0 saturated heterocycles. The number of para-hydroxylation sites is 1. The summed E-state index contributed by atoms with van der Waals surface area (Å²) in [6.45, 7) is 2.07. The van der Waals surface area contributed by atoms with E-state index in [1.165, 1.54) is 5.39 Å². The van der Waals surface area contributed by atoms with E-state index in [0.717, 1.165) is 38.1 Å². The van der Waals surface area contributed by atoms with Crippen molar-refractivity contribution in [2.75, 3.05) is 0 Å². The first kappa shape index (κ1) is 13.4. The second kappa shape index (κ2) is 4.97. The second-order valence-electron chi connectivity index (χ2n) is 5.53. The third kappa shape index (κ3) is 1.88. The van der Waals surface area contributed by atoms with E-state index < -0.39 is 0 Å². The van der Waals surface area contributed by atoms with E-state index >= 15 is 0 Å². The fourth-order valence-corrected chi connectivity index (χ4v) is 3.91. The number of fused-ring (bicyclic) bond motifs is 2. The van der Waals surface area contributed by atoms with E-state index in [4.69, 9.17) is 5.10 Å². The number of nitrogens with one attached hydrogen (secondary N) is 1. The highest BCUT2D eigenvalue weighted by molar-refractivity contribution is 7.20. The number of pyridine rings is 1. The van der Waals surface area contributed by atoms with E-state index in [1.54, 1.807) is 28.2 Å². The van der Waals surface area contributed by atoms with Crippen molar-refractivity contribution in [3.63, 3.8) is 0 Å². The standard InChI is InChI=1S/C17H12N6S/c1-10-14(12-4-2-3-5-13(12)19-10)16-22-23-15(20-21-17(23)24-16)11-6-8-18-9-7-11/h2-9,19H,1H3. The molecule has 0 radical (unpaired) electrons. The van der Waals surface area contributed by atoms with Crippen LogP contribution in [0.1, 0.15) is 5.69 Å². The Morgan fingerprint density at radius 2 is 1.88 bits per heavy atom. The Morgan fingerprint density at radius 1 is 1.04 bits per heavy atom. The SMILES string of the molecule is Cc1[nH]c2ccccc2c1-c1nn2c(-c3ccncc3)nnc2s1. The summed E-state index contributed by atoms with van der Waals surface area (Å²) >= 11 is 1.54. The lowest BCUT2D eigenvalue weighted by Crippen LogP contribution is -1.91. The summed E-state index contributed by atoms with van der Waals surface area (Å²) in [6, 6.07) is 12.1. The first-order chi connectivity index (χ1) is 11.8. The van der Waals surface area contributed by atoms with Gasteiger partial charge in [-0.3, -0.25) is 4.98 Å². The van der Waals surface area contributed by atoms with Crippen LogP contribution in [0.15, 0.2) is 48.8 Å². The van der Waals surface area contributed by atoms with E-state index in [0.29, 0.717) is 0 Å². The Morgan fingerprint density at radius 3 is 2.75 bits per heavy atom. The van der Waals surface area contributed by atoms with Gasteiger partial charge in [-0.2, -0.15) is 9.61 Å². The number of benzene rings is 1. The van der Waals surface area contributed by atoms with Crippen molar-refractivity contribution < 1.29 is 0 Å². The van der Waals surface area contributed by atoms with E-state index in [1.807, 2.05) is 24.3 Å². The normalized spacial score (nSPS) is 11.5. The molecule has 0 aliphatic heterocycles. The first-order valence-electron chi connectivity index (χ1n) is 7.51. The molecule has 0 saturated carbocycles. The number of aromatic amines is 1. The molecule has 0 unspecified atom stereocenters. The number of hydrogen-bond acceptors (Lipinski definition) is 5. The minimum Gasteiger partial charge on any atom is -0.358 e. The predicted octanol–water partition coefficient (Wildman–Crippen LogP) is 3.70. The molecule has 5 aromatic rings. The summed E-state index contributed by atoms with van der Waals surface area (Å²) in [4.78, 5) is 8.25. The van der Waals surface area contributed by atoms with Crippen molar-refractivity contribution in [1.82, 2.24) is 29.8 Å². The molecule has 1 aromatic carbocycles. The molecule has 4 aromatic heterocycles. The van der Waals surface area contributed by atoms with Gasteiger partial charge in [0.1, 0.15) is 5.01 Å². The number of aromatic nitrogens is 6. The molecule has 0 bridgehead atoms. The van der Waals surface area contributed by atoms with Gasteiger partial charge in [-0.15, -0.1) is 10.2 Å². The molecule has 0 aliphatic rings. The molecule has 7 heteroatoms. The van der Waals surface area contributed by atoms with Gasteiger partial charge < -0.3 is 4.98 Å². The highest BCUT2D eigenvalue weighted by Crippen LogP contribution is 2.35. The Balaban J connectivity index is 1.74. The Bertz CT molecular complexity index is 1170. The fourth-order valence-electron chi connectivity index (χ4n) is 2.95. The molecule has 0 aliphatic carbocycles. The van der Waals surface area contributed by atoms with Gasteiger partial charge >= 0.3 is 0 Å². The van der Waals surface area contributed by atoms with Gasteiger partial charge in [0.05, 0.1) is 0 Å². The smallest absolute Gasteiger partial charge is 0.235 e. The van der Waals surface area contributed by atoms with Crippen LogP contribution >= 0.6 is 11.3 Å². The molecule has 0 atom stereocenters. The number of hydrogen-bond donors (Lipinski definition) is 1. The molecule has 5 rings (SSSR count). The zero-order valence-corrected chi connectivity index (χ0v) is 13.6. The molecule has 6 nitrogen and oxygen atoms in total. The number of nitrogens with zero attached hydrogens (tertiary/aromatic N) is 5. The summed E-state index contributed by atoms with van der Waals surface area (Å²) in [5.74, 6) is 0.729. The average molecular weight is 332 g/mol. The molecule has 116 valence electrons. The predicted molar refractivity (Wildman–Crippen MR) is 93.9 cm³/mol. The van der Waals surface area contributed by atoms with Gasteiger partial charge in [0.15, 0.2) is 5.82 Å². The number of aryl methyl sites for hydroxylation is 1. The summed E-state index contributed by atoms with van der Waals surface area (Å²) < 4.78 is 1.80. The van der Waals surface area contributed by atoms with Crippen LogP contribution < -0.4 is 0 Å². The van der Waals surface area contributed by atoms with Crippen molar-refractivity contribution in [2.45, 2.75) is 6.92 Å². The molecule has 0 fully saturated rings. The summed E-state index contributed by atoms with van der Waals surface area (Å²) in [5, 5.41) is 15.4. The van der Waals surface area contributed by atoms with Gasteiger partial charge in [-0.1, -0.05) is 29.5 Å². The molecule has 1 N–H and O–H groups in total. The zero-order valence-electron chi connectivity index (χ0n) is 12.8. The van der Waals surface area contributed by atoms with Crippen LogP contribution in [-0.4, -0.2) is 29.8 Å². The molecular weight excluding hydrogens is 320 g/mol. The van der Waals surface area contributed by atoms with Crippen molar-refractivity contribution >= 4 is 27.2 Å². The summed E-state index contributed by atoms with van der Waals surface area (Å²) in [5.41, 5.74) is 4.30. The number of H-pyrrole nitrogens is 1. The van der Waals surface area contributed by atoms with Crippen LogP contribution in [0.25, 0.3) is 37.8 Å². The third-order valence-corrected chi connectivity index (χ3v) is 4.95. The quantitative estimate of drug-likeness (QED) is 0.535. The van der Waals surface area contributed by atoms with Crippen LogP contribution in [0.2, 0.25) is 0 Å². The van der Waals surface area contributed by atoms with Gasteiger partial charge in [-0.25, -0.2) is 0 Å². The zero-order chi connectivity index (χ0) is 16.1. The van der Waals surface area contributed by atoms with Crippen molar-refractivity contribution in [3.05, 3.63) is 54.5 Å². The van der Waals surface area contributed by atoms with E-state index in [-0.39, 0.29) is 0 Å². The van der Waals surface area contributed by atoms with Crippen LogP contribution in [0.3, 0.4) is 0 Å². The van der Waals surface area contributed by atoms with E-state index in [2.05, 4.69) is 39.2 Å². The number of rotatable bonds is 2. The Kier molecular flexibility index (Phi) is 2.77. The van der Waals surface area contributed by atoms with Gasteiger partial charge in [-0.05, 0) is 25.1 Å². The minimum atomic E-state index is 0.729. The maximum absolute atomic E-state index is 4.77. The van der Waals surface area contributed by atoms with Gasteiger partial charge in [0.2, 0.25) is 4.96 Å². The van der Waals surface area contributed by atoms with Crippen molar-refractivity contribution in [1.29, 1.82) is 0 Å². The topological polar surface area (TPSA) is 71.8 Å². The summed E-state index contributed by atoms with van der Waals surface area (Å²) in [6.07, 6.45) is 3.49. The van der Waals surface area contributed by atoms with Crippen molar-refractivity contribution in [3.8, 4) is 22.0 Å². The molecule has 4 heterocycles. The minimum absolute atomic E-state index is 0.729. The maximum Gasteiger partial charge on any atom is 0.235 e. The van der Waals surface area contributed by atoms with Crippen molar-refractivity contribution in [2.24, 2.45) is 0 Å². The summed E-state index contributed by atoms with van der Waals surface area (Å²) in [7, 11) is 0. The second-order valence-corrected chi connectivity index (χ2v) is 6.49. The lowest BCUT2D eigenvalue weighted by atomic mass is 10.1. The molecular formula is C17H12N6S. The maximum atomic E-state index is 4.77. The third-order valence-electron chi connectivity index (χ3n) is 4.04. The van der Waals surface area contributed by atoms with Crippen LogP contribution in [0.4, 0.5) is 0 Å². The van der Waals surface area contributed by atoms with E-state index in [9.17, 15) is 0 Å². The lowest BCUT2D eigenvalue weighted by molar-refractivity contribution is 0.969. The monoisotopic (exact) mass is 332 g/mol.